The molecule has 3 aromatic rings. The molecule has 122 valence electrons. The molecule has 0 bridgehead atoms. The topological polar surface area (TPSA) is 71.3 Å². The molecule has 1 N–H and O–H groups in total. The molecule has 6 nitrogen and oxygen atoms in total. The Morgan fingerprint density at radius 2 is 2.08 bits per heavy atom. The van der Waals surface area contributed by atoms with Crippen molar-refractivity contribution in [1.29, 1.82) is 0 Å². The minimum absolute atomic E-state index is 0.150. The second-order valence-electron chi connectivity index (χ2n) is 6.03. The molecule has 1 amide bonds. The average Bonchev–Trinajstić information content (AvgIpc) is 3.03. The van der Waals surface area contributed by atoms with Crippen LogP contribution in [0, 0.1) is 6.92 Å². The molecule has 1 aliphatic rings. The Labute approximate surface area is 139 Å². The third kappa shape index (κ3) is 2.88. The van der Waals surface area contributed by atoms with Gasteiger partial charge >= 0.3 is 0 Å². The minimum atomic E-state index is 0.150. The summed E-state index contributed by atoms with van der Waals surface area (Å²) >= 11 is 0. The van der Waals surface area contributed by atoms with Gasteiger partial charge < -0.3 is 14.7 Å². The lowest BCUT2D eigenvalue weighted by molar-refractivity contribution is -0.132. The monoisotopic (exact) mass is 322 g/mol. The lowest BCUT2D eigenvalue weighted by atomic mass is 10.0. The molecule has 0 atom stereocenters. The van der Waals surface area contributed by atoms with Crippen LogP contribution in [0.4, 0.5) is 0 Å². The van der Waals surface area contributed by atoms with E-state index in [-0.39, 0.29) is 5.91 Å². The molecule has 0 aliphatic carbocycles. The van der Waals surface area contributed by atoms with E-state index in [4.69, 9.17) is 4.52 Å². The maximum atomic E-state index is 11.9. The maximum absolute atomic E-state index is 11.9. The van der Waals surface area contributed by atoms with Crippen LogP contribution in [-0.2, 0) is 11.3 Å². The molecule has 0 unspecified atom stereocenters. The largest absolute Gasteiger partial charge is 0.339 e. The van der Waals surface area contributed by atoms with E-state index in [2.05, 4.69) is 45.8 Å². The number of rotatable bonds is 3. The SMILES string of the molecule is Cc1nc(-c2ccc3ccc(CN4CCNCC4=O)cc3c2)no1. The maximum Gasteiger partial charge on any atom is 0.236 e. The van der Waals surface area contributed by atoms with Gasteiger partial charge in [-0.3, -0.25) is 4.79 Å². The Balaban J connectivity index is 1.64. The van der Waals surface area contributed by atoms with Crippen molar-refractivity contribution in [3.63, 3.8) is 0 Å². The summed E-state index contributed by atoms with van der Waals surface area (Å²) < 4.78 is 5.06. The number of carbonyl (C=O) groups is 1. The first-order valence-electron chi connectivity index (χ1n) is 8.01. The number of amides is 1. The summed E-state index contributed by atoms with van der Waals surface area (Å²) in [5.41, 5.74) is 2.05. The summed E-state index contributed by atoms with van der Waals surface area (Å²) in [5.74, 6) is 1.30. The van der Waals surface area contributed by atoms with Crippen molar-refractivity contribution in [3.8, 4) is 11.4 Å². The first kappa shape index (κ1) is 14.8. The van der Waals surface area contributed by atoms with E-state index in [0.717, 1.165) is 35.0 Å². The van der Waals surface area contributed by atoms with Gasteiger partial charge in [0, 0.05) is 32.1 Å². The highest BCUT2D eigenvalue weighted by Gasteiger charge is 2.17. The summed E-state index contributed by atoms with van der Waals surface area (Å²) in [5, 5.41) is 9.32. The first-order chi connectivity index (χ1) is 11.7. The zero-order chi connectivity index (χ0) is 16.5. The molecule has 4 rings (SSSR count). The van der Waals surface area contributed by atoms with Gasteiger partial charge in [-0.05, 0) is 28.5 Å². The quantitative estimate of drug-likeness (QED) is 0.800. The standard InChI is InChI=1S/C18H18N4O2/c1-12-20-18(21-24-12)15-5-4-14-3-2-13(8-16(14)9-15)11-22-7-6-19-10-17(22)23/h2-5,8-9,19H,6-7,10-11H2,1H3. The van der Waals surface area contributed by atoms with E-state index < -0.39 is 0 Å². The van der Waals surface area contributed by atoms with Gasteiger partial charge in [0.25, 0.3) is 0 Å². The second kappa shape index (κ2) is 6.05. The van der Waals surface area contributed by atoms with Crippen molar-refractivity contribution in [2.75, 3.05) is 19.6 Å². The molecule has 0 spiro atoms. The van der Waals surface area contributed by atoms with Crippen LogP contribution in [-0.4, -0.2) is 40.6 Å². The first-order valence-corrected chi connectivity index (χ1v) is 8.01. The summed E-state index contributed by atoms with van der Waals surface area (Å²) in [4.78, 5) is 18.1. The molecule has 1 aliphatic heterocycles. The summed E-state index contributed by atoms with van der Waals surface area (Å²) in [6.45, 7) is 4.44. The van der Waals surface area contributed by atoms with E-state index in [1.54, 1.807) is 6.92 Å². The van der Waals surface area contributed by atoms with Crippen LogP contribution in [0.5, 0.6) is 0 Å². The summed E-state index contributed by atoms with van der Waals surface area (Å²) in [6, 6.07) is 12.4. The van der Waals surface area contributed by atoms with E-state index >= 15 is 0 Å². The van der Waals surface area contributed by atoms with Crippen LogP contribution in [0.1, 0.15) is 11.5 Å². The fraction of sp³-hybridized carbons (Fsp3) is 0.278. The van der Waals surface area contributed by atoms with E-state index in [1.165, 1.54) is 0 Å². The molecule has 1 aromatic heterocycles. The predicted molar refractivity (Wildman–Crippen MR) is 90.3 cm³/mol. The molecule has 6 heteroatoms. The van der Waals surface area contributed by atoms with Gasteiger partial charge in [-0.15, -0.1) is 0 Å². The number of aromatic nitrogens is 2. The Hall–Kier alpha value is -2.73. The van der Waals surface area contributed by atoms with Gasteiger partial charge in [0.2, 0.25) is 17.6 Å². The van der Waals surface area contributed by atoms with Crippen molar-refractivity contribution in [3.05, 3.63) is 47.9 Å². The predicted octanol–water partition coefficient (Wildman–Crippen LogP) is 2.13. The number of piperazine rings is 1. The normalized spacial score (nSPS) is 15.2. The number of carbonyl (C=O) groups excluding carboxylic acids is 1. The summed E-state index contributed by atoms with van der Waals surface area (Å²) in [6.07, 6.45) is 0. The zero-order valence-corrected chi connectivity index (χ0v) is 13.5. The number of nitrogens with zero attached hydrogens (tertiary/aromatic N) is 3. The average molecular weight is 322 g/mol. The highest BCUT2D eigenvalue weighted by Crippen LogP contribution is 2.24. The number of hydrogen-bond acceptors (Lipinski definition) is 5. The second-order valence-corrected chi connectivity index (χ2v) is 6.03. The van der Waals surface area contributed by atoms with Crippen molar-refractivity contribution < 1.29 is 9.32 Å². The van der Waals surface area contributed by atoms with Crippen LogP contribution in [0.2, 0.25) is 0 Å². The number of aryl methyl sites for hydroxylation is 1. The van der Waals surface area contributed by atoms with Gasteiger partial charge in [0.1, 0.15) is 0 Å². The lowest BCUT2D eigenvalue weighted by Gasteiger charge is -2.27. The molecule has 1 saturated heterocycles. The lowest BCUT2D eigenvalue weighted by Crippen LogP contribution is -2.47. The van der Waals surface area contributed by atoms with Crippen LogP contribution in [0.15, 0.2) is 40.9 Å². The van der Waals surface area contributed by atoms with Crippen LogP contribution < -0.4 is 5.32 Å². The Morgan fingerprint density at radius 3 is 2.88 bits per heavy atom. The fourth-order valence-corrected chi connectivity index (χ4v) is 2.98. The van der Waals surface area contributed by atoms with Gasteiger partial charge in [-0.25, -0.2) is 0 Å². The molecule has 2 heterocycles. The van der Waals surface area contributed by atoms with E-state index in [0.29, 0.717) is 24.8 Å². The third-order valence-electron chi connectivity index (χ3n) is 4.25. The molecule has 0 radical (unpaired) electrons. The Morgan fingerprint density at radius 1 is 1.21 bits per heavy atom. The number of benzene rings is 2. The molecule has 0 saturated carbocycles. The van der Waals surface area contributed by atoms with Crippen molar-refractivity contribution in [2.24, 2.45) is 0 Å². The van der Waals surface area contributed by atoms with Crippen LogP contribution >= 0.6 is 0 Å². The van der Waals surface area contributed by atoms with Crippen LogP contribution in [0.25, 0.3) is 22.2 Å². The fourth-order valence-electron chi connectivity index (χ4n) is 2.98. The number of fused-ring (bicyclic) bond motifs is 1. The zero-order valence-electron chi connectivity index (χ0n) is 13.5. The van der Waals surface area contributed by atoms with Gasteiger partial charge in [0.15, 0.2) is 0 Å². The van der Waals surface area contributed by atoms with Gasteiger partial charge in [0.05, 0.1) is 6.54 Å². The third-order valence-corrected chi connectivity index (χ3v) is 4.25. The van der Waals surface area contributed by atoms with Crippen molar-refractivity contribution >= 4 is 16.7 Å². The van der Waals surface area contributed by atoms with Gasteiger partial charge in [-0.2, -0.15) is 4.98 Å². The smallest absolute Gasteiger partial charge is 0.236 e. The molecular formula is C18H18N4O2. The number of nitrogens with one attached hydrogen (secondary N) is 1. The highest BCUT2D eigenvalue weighted by atomic mass is 16.5. The summed E-state index contributed by atoms with van der Waals surface area (Å²) in [7, 11) is 0. The Kier molecular flexibility index (Phi) is 3.74. The molecular weight excluding hydrogens is 304 g/mol. The van der Waals surface area contributed by atoms with Gasteiger partial charge in [-0.1, -0.05) is 29.4 Å². The van der Waals surface area contributed by atoms with Crippen molar-refractivity contribution in [2.45, 2.75) is 13.5 Å². The van der Waals surface area contributed by atoms with E-state index in [1.807, 2.05) is 11.0 Å². The van der Waals surface area contributed by atoms with Crippen LogP contribution in [0.3, 0.4) is 0 Å². The van der Waals surface area contributed by atoms with E-state index in [9.17, 15) is 4.79 Å². The highest BCUT2D eigenvalue weighted by molar-refractivity contribution is 5.87. The molecule has 1 fully saturated rings. The number of hydrogen-bond donors (Lipinski definition) is 1. The minimum Gasteiger partial charge on any atom is -0.339 e. The molecule has 2 aromatic carbocycles. The van der Waals surface area contributed by atoms with Crippen molar-refractivity contribution in [1.82, 2.24) is 20.4 Å². The molecule has 24 heavy (non-hydrogen) atoms. The Bertz CT molecular complexity index is 903.